The van der Waals surface area contributed by atoms with Gasteiger partial charge in [-0.1, -0.05) is 49.6 Å². The lowest BCUT2D eigenvalue weighted by Crippen LogP contribution is -2.51. The average molecular weight is 393 g/mol. The Morgan fingerprint density at radius 1 is 0.966 bits per heavy atom. The van der Waals surface area contributed by atoms with Crippen LogP contribution in [0.4, 0.5) is 5.82 Å². The molecule has 0 unspecified atom stereocenters. The Hall–Kier alpha value is -2.43. The molecule has 2 heterocycles. The van der Waals surface area contributed by atoms with Crippen LogP contribution in [0.1, 0.15) is 54.7 Å². The lowest BCUT2D eigenvalue weighted by Gasteiger charge is -2.38. The van der Waals surface area contributed by atoms with Crippen molar-refractivity contribution < 1.29 is 4.79 Å². The Balaban J connectivity index is 1.48. The van der Waals surface area contributed by atoms with E-state index in [2.05, 4.69) is 46.0 Å². The second-order valence-electron chi connectivity index (χ2n) is 8.47. The fourth-order valence-electron chi connectivity index (χ4n) is 4.73. The highest BCUT2D eigenvalue weighted by atomic mass is 16.2. The molecule has 1 saturated carbocycles. The van der Waals surface area contributed by atoms with Crippen molar-refractivity contribution in [3.8, 4) is 0 Å². The van der Waals surface area contributed by atoms with E-state index in [-0.39, 0.29) is 5.92 Å². The number of rotatable bonds is 4. The van der Waals surface area contributed by atoms with Crippen molar-refractivity contribution in [3.05, 3.63) is 53.0 Å². The lowest BCUT2D eigenvalue weighted by atomic mass is 9.88. The second-order valence-corrected chi connectivity index (χ2v) is 8.47. The molecule has 154 valence electrons. The van der Waals surface area contributed by atoms with Gasteiger partial charge in [-0.3, -0.25) is 4.79 Å². The highest BCUT2D eigenvalue weighted by Crippen LogP contribution is 2.28. The number of carbonyl (C=O) groups excluding carboxylic acids is 1. The van der Waals surface area contributed by atoms with Gasteiger partial charge in [0.1, 0.15) is 11.6 Å². The molecule has 2 aliphatic rings. The Kier molecular flexibility index (Phi) is 6.12. The third kappa shape index (κ3) is 4.60. The molecule has 4 rings (SSSR count). The number of aromatic nitrogens is 2. The van der Waals surface area contributed by atoms with E-state index in [0.717, 1.165) is 62.8 Å². The lowest BCUT2D eigenvalue weighted by molar-refractivity contribution is -0.136. The van der Waals surface area contributed by atoms with E-state index in [1.165, 1.54) is 30.4 Å². The summed E-state index contributed by atoms with van der Waals surface area (Å²) in [6.07, 6.45) is 6.68. The Bertz CT molecular complexity index is 837. The minimum atomic E-state index is 0.257. The zero-order chi connectivity index (χ0) is 20.2. The van der Waals surface area contributed by atoms with E-state index >= 15 is 0 Å². The van der Waals surface area contributed by atoms with Crippen LogP contribution in [0, 0.1) is 19.8 Å². The van der Waals surface area contributed by atoms with Crippen LogP contribution in [0.15, 0.2) is 30.3 Å². The summed E-state index contributed by atoms with van der Waals surface area (Å²) < 4.78 is 0. The number of hydrogen-bond donors (Lipinski definition) is 0. The Labute approximate surface area is 174 Å². The van der Waals surface area contributed by atoms with E-state index < -0.39 is 0 Å². The maximum atomic E-state index is 12.9. The standard InChI is InChI=1S/C24H32N4O/c1-18-22(17-20-9-5-3-6-10-20)23(26-19(2)25-18)27-13-15-28(16-14-27)24(29)21-11-7-4-8-12-21/h3,5-6,9-10,21H,4,7-8,11-17H2,1-2H3. The first-order valence-corrected chi connectivity index (χ1v) is 11.0. The minimum absolute atomic E-state index is 0.257. The second kappa shape index (κ2) is 8.93. The van der Waals surface area contributed by atoms with Crippen LogP contribution in [-0.4, -0.2) is 47.0 Å². The van der Waals surface area contributed by atoms with Gasteiger partial charge in [-0.15, -0.1) is 0 Å². The predicted molar refractivity (Wildman–Crippen MR) is 116 cm³/mol. The van der Waals surface area contributed by atoms with Crippen molar-refractivity contribution in [3.63, 3.8) is 0 Å². The van der Waals surface area contributed by atoms with Gasteiger partial charge in [0.15, 0.2) is 0 Å². The first-order valence-electron chi connectivity index (χ1n) is 11.0. The summed E-state index contributed by atoms with van der Waals surface area (Å²) in [7, 11) is 0. The number of carbonyl (C=O) groups is 1. The first-order chi connectivity index (χ1) is 14.1. The quantitative estimate of drug-likeness (QED) is 0.791. The van der Waals surface area contributed by atoms with Crippen LogP contribution in [0.5, 0.6) is 0 Å². The van der Waals surface area contributed by atoms with Gasteiger partial charge in [-0.05, 0) is 32.3 Å². The molecular weight excluding hydrogens is 360 g/mol. The van der Waals surface area contributed by atoms with E-state index in [1.807, 2.05) is 13.0 Å². The van der Waals surface area contributed by atoms with Gasteiger partial charge in [0.25, 0.3) is 0 Å². The molecule has 5 heteroatoms. The third-order valence-electron chi connectivity index (χ3n) is 6.37. The normalized spacial score (nSPS) is 18.1. The molecule has 2 fully saturated rings. The van der Waals surface area contributed by atoms with Gasteiger partial charge in [-0.2, -0.15) is 0 Å². The highest BCUT2D eigenvalue weighted by Gasteiger charge is 2.29. The number of hydrogen-bond acceptors (Lipinski definition) is 4. The van der Waals surface area contributed by atoms with Crippen LogP contribution < -0.4 is 4.90 Å². The van der Waals surface area contributed by atoms with E-state index in [1.54, 1.807) is 0 Å². The largest absolute Gasteiger partial charge is 0.353 e. The molecule has 1 aromatic carbocycles. The molecule has 2 aromatic rings. The maximum Gasteiger partial charge on any atom is 0.225 e. The van der Waals surface area contributed by atoms with Crippen molar-refractivity contribution in [2.24, 2.45) is 5.92 Å². The highest BCUT2D eigenvalue weighted by molar-refractivity contribution is 5.79. The molecule has 1 aromatic heterocycles. The SMILES string of the molecule is Cc1nc(C)c(Cc2ccccc2)c(N2CCN(C(=O)C3CCCCC3)CC2)n1. The Morgan fingerprint density at radius 3 is 2.34 bits per heavy atom. The molecule has 1 saturated heterocycles. The zero-order valence-corrected chi connectivity index (χ0v) is 17.7. The molecule has 0 radical (unpaired) electrons. The number of benzene rings is 1. The number of aryl methyl sites for hydroxylation is 2. The predicted octanol–water partition coefficient (Wildman–Crippen LogP) is 3.91. The van der Waals surface area contributed by atoms with E-state index in [9.17, 15) is 4.79 Å². The summed E-state index contributed by atoms with van der Waals surface area (Å²) in [6.45, 7) is 7.32. The summed E-state index contributed by atoms with van der Waals surface area (Å²) in [5.41, 5.74) is 3.53. The molecule has 0 bridgehead atoms. The van der Waals surface area contributed by atoms with Crippen LogP contribution >= 0.6 is 0 Å². The molecule has 1 aliphatic heterocycles. The van der Waals surface area contributed by atoms with Crippen molar-refractivity contribution >= 4 is 11.7 Å². The van der Waals surface area contributed by atoms with Crippen LogP contribution in [0.2, 0.25) is 0 Å². The van der Waals surface area contributed by atoms with Crippen molar-refractivity contribution in [1.82, 2.24) is 14.9 Å². The number of anilines is 1. The van der Waals surface area contributed by atoms with Crippen molar-refractivity contribution in [1.29, 1.82) is 0 Å². The molecule has 29 heavy (non-hydrogen) atoms. The van der Waals surface area contributed by atoms with E-state index in [0.29, 0.717) is 5.91 Å². The van der Waals surface area contributed by atoms with Crippen LogP contribution in [-0.2, 0) is 11.2 Å². The van der Waals surface area contributed by atoms with Crippen molar-refractivity contribution in [2.45, 2.75) is 52.4 Å². The number of piperazine rings is 1. The molecule has 0 spiro atoms. The maximum absolute atomic E-state index is 12.9. The monoisotopic (exact) mass is 392 g/mol. The Morgan fingerprint density at radius 2 is 1.66 bits per heavy atom. The van der Waals surface area contributed by atoms with Crippen molar-refractivity contribution in [2.75, 3.05) is 31.1 Å². The molecule has 0 atom stereocenters. The molecule has 5 nitrogen and oxygen atoms in total. The van der Waals surface area contributed by atoms with Crippen LogP contribution in [0.3, 0.4) is 0 Å². The summed E-state index contributed by atoms with van der Waals surface area (Å²) in [5, 5.41) is 0. The number of nitrogens with zero attached hydrogens (tertiary/aromatic N) is 4. The fraction of sp³-hybridized carbons (Fsp3) is 0.542. The summed E-state index contributed by atoms with van der Waals surface area (Å²) in [4.78, 5) is 26.8. The number of amides is 1. The van der Waals surface area contributed by atoms with Crippen LogP contribution in [0.25, 0.3) is 0 Å². The topological polar surface area (TPSA) is 49.3 Å². The summed E-state index contributed by atoms with van der Waals surface area (Å²) >= 11 is 0. The molecule has 0 N–H and O–H groups in total. The van der Waals surface area contributed by atoms with Gasteiger partial charge in [0, 0.05) is 49.8 Å². The van der Waals surface area contributed by atoms with E-state index in [4.69, 9.17) is 4.98 Å². The minimum Gasteiger partial charge on any atom is -0.353 e. The van der Waals surface area contributed by atoms with Gasteiger partial charge in [0.05, 0.1) is 0 Å². The van der Waals surface area contributed by atoms with Gasteiger partial charge in [-0.25, -0.2) is 9.97 Å². The average Bonchev–Trinajstić information content (AvgIpc) is 2.76. The molecule has 1 aliphatic carbocycles. The smallest absolute Gasteiger partial charge is 0.225 e. The van der Waals surface area contributed by atoms with Gasteiger partial charge in [0.2, 0.25) is 5.91 Å². The van der Waals surface area contributed by atoms with Gasteiger partial charge < -0.3 is 9.80 Å². The molecule has 1 amide bonds. The third-order valence-corrected chi connectivity index (χ3v) is 6.37. The fourth-order valence-corrected chi connectivity index (χ4v) is 4.73. The zero-order valence-electron chi connectivity index (χ0n) is 17.7. The van der Waals surface area contributed by atoms with Gasteiger partial charge >= 0.3 is 0 Å². The first kappa shape index (κ1) is 19.9. The molecular formula is C24H32N4O. The summed E-state index contributed by atoms with van der Waals surface area (Å²) in [6, 6.07) is 10.5. The summed E-state index contributed by atoms with van der Waals surface area (Å²) in [5.74, 6) is 2.50.